The third kappa shape index (κ3) is 6.57. The molecule has 1 aliphatic heterocycles. The summed E-state index contributed by atoms with van der Waals surface area (Å²) >= 11 is 0. The predicted molar refractivity (Wildman–Crippen MR) is 81.1 cm³/mol. The fraction of sp³-hybridized carbons (Fsp3) is 0.933. The molecule has 0 radical (unpaired) electrons. The van der Waals surface area contributed by atoms with Crippen LogP contribution in [0.2, 0.25) is 0 Å². The van der Waals surface area contributed by atoms with Crippen LogP contribution in [0.5, 0.6) is 0 Å². The average Bonchev–Trinajstić information content (AvgIpc) is 3.15. The van der Waals surface area contributed by atoms with Crippen molar-refractivity contribution >= 4 is 5.96 Å². The molecule has 1 heterocycles. The number of nitrogens with one attached hydrogen (secondary N) is 2. The van der Waals surface area contributed by atoms with Gasteiger partial charge in [0.1, 0.15) is 0 Å². The summed E-state index contributed by atoms with van der Waals surface area (Å²) in [6.45, 7) is 4.32. The van der Waals surface area contributed by atoms with Crippen molar-refractivity contribution in [1.82, 2.24) is 10.6 Å². The molecular weight excluding hydrogens is 254 g/mol. The molecule has 1 unspecified atom stereocenters. The molecule has 0 aromatic rings. The van der Waals surface area contributed by atoms with Crippen LogP contribution in [-0.2, 0) is 9.47 Å². The first-order valence-corrected chi connectivity index (χ1v) is 8.02. The molecule has 5 heteroatoms. The Morgan fingerprint density at radius 3 is 2.65 bits per heavy atom. The van der Waals surface area contributed by atoms with Crippen molar-refractivity contribution in [2.45, 2.75) is 44.6 Å². The van der Waals surface area contributed by atoms with Gasteiger partial charge >= 0.3 is 0 Å². The first-order valence-electron chi connectivity index (χ1n) is 8.02. The molecule has 116 valence electrons. The van der Waals surface area contributed by atoms with Gasteiger partial charge in [0.2, 0.25) is 0 Å². The lowest BCUT2D eigenvalue weighted by Crippen LogP contribution is -2.38. The second-order valence-corrected chi connectivity index (χ2v) is 5.72. The van der Waals surface area contributed by atoms with Gasteiger partial charge in [0.05, 0.1) is 12.7 Å². The quantitative estimate of drug-likeness (QED) is 0.383. The smallest absolute Gasteiger partial charge is 0.190 e. The minimum absolute atomic E-state index is 0.315. The second-order valence-electron chi connectivity index (χ2n) is 5.72. The van der Waals surface area contributed by atoms with E-state index in [-0.39, 0.29) is 0 Å². The van der Waals surface area contributed by atoms with Gasteiger partial charge in [-0.2, -0.15) is 0 Å². The van der Waals surface area contributed by atoms with Crippen LogP contribution >= 0.6 is 0 Å². The van der Waals surface area contributed by atoms with Crippen molar-refractivity contribution in [3.63, 3.8) is 0 Å². The van der Waals surface area contributed by atoms with Crippen LogP contribution < -0.4 is 10.6 Å². The van der Waals surface area contributed by atoms with Gasteiger partial charge in [-0.1, -0.05) is 12.8 Å². The Bertz CT molecular complexity index is 287. The highest BCUT2D eigenvalue weighted by Gasteiger charge is 2.20. The van der Waals surface area contributed by atoms with Crippen LogP contribution in [0.1, 0.15) is 38.5 Å². The van der Waals surface area contributed by atoms with Gasteiger partial charge in [-0.3, -0.25) is 4.99 Å². The fourth-order valence-electron chi connectivity index (χ4n) is 2.40. The van der Waals surface area contributed by atoms with Crippen molar-refractivity contribution in [2.75, 3.05) is 40.0 Å². The number of rotatable bonds is 9. The van der Waals surface area contributed by atoms with Crippen molar-refractivity contribution in [2.24, 2.45) is 10.9 Å². The molecule has 1 saturated carbocycles. The van der Waals surface area contributed by atoms with E-state index in [0.29, 0.717) is 6.10 Å². The Kier molecular flexibility index (Phi) is 7.15. The van der Waals surface area contributed by atoms with Crippen molar-refractivity contribution in [3.05, 3.63) is 0 Å². The molecule has 2 aliphatic rings. The summed E-state index contributed by atoms with van der Waals surface area (Å²) in [7, 11) is 1.82. The van der Waals surface area contributed by atoms with E-state index in [0.717, 1.165) is 57.6 Å². The molecule has 0 aromatic carbocycles. The van der Waals surface area contributed by atoms with Gasteiger partial charge in [0.15, 0.2) is 5.96 Å². The summed E-state index contributed by atoms with van der Waals surface area (Å²) in [4.78, 5) is 4.23. The maximum absolute atomic E-state index is 5.72. The van der Waals surface area contributed by atoms with Gasteiger partial charge in [0.25, 0.3) is 0 Å². The minimum atomic E-state index is 0.315. The third-order valence-electron chi connectivity index (χ3n) is 3.86. The highest BCUT2D eigenvalue weighted by Crippen LogP contribution is 2.33. The Labute approximate surface area is 122 Å². The van der Waals surface area contributed by atoms with Crippen LogP contribution in [0.3, 0.4) is 0 Å². The van der Waals surface area contributed by atoms with E-state index in [4.69, 9.17) is 9.47 Å². The van der Waals surface area contributed by atoms with Gasteiger partial charge in [-0.15, -0.1) is 0 Å². The summed E-state index contributed by atoms with van der Waals surface area (Å²) in [5.41, 5.74) is 0. The molecule has 2 N–H and O–H groups in total. The van der Waals surface area contributed by atoms with E-state index in [1.165, 1.54) is 25.7 Å². The van der Waals surface area contributed by atoms with Crippen LogP contribution in [0, 0.1) is 5.92 Å². The molecule has 2 fully saturated rings. The zero-order chi connectivity index (χ0) is 14.0. The molecular formula is C15H29N3O2. The number of aliphatic imine (C=N–C) groups is 1. The monoisotopic (exact) mass is 283 g/mol. The minimum Gasteiger partial charge on any atom is -0.379 e. The number of hydrogen-bond acceptors (Lipinski definition) is 3. The largest absolute Gasteiger partial charge is 0.379 e. The molecule has 0 bridgehead atoms. The van der Waals surface area contributed by atoms with E-state index >= 15 is 0 Å². The molecule has 2 rings (SSSR count). The molecule has 1 saturated heterocycles. The fourth-order valence-corrected chi connectivity index (χ4v) is 2.40. The molecule has 0 spiro atoms. The van der Waals surface area contributed by atoms with Crippen LogP contribution in [-0.4, -0.2) is 52.0 Å². The highest BCUT2D eigenvalue weighted by atomic mass is 16.5. The predicted octanol–water partition coefficient (Wildman–Crippen LogP) is 1.54. The highest BCUT2D eigenvalue weighted by molar-refractivity contribution is 5.79. The molecule has 20 heavy (non-hydrogen) atoms. The normalized spacial score (nSPS) is 23.1. The molecule has 5 nitrogen and oxygen atoms in total. The SMILES string of the molecule is CN=C(NCCCOC1CCOC1)NCCCC1CC1. The van der Waals surface area contributed by atoms with E-state index in [9.17, 15) is 0 Å². The van der Waals surface area contributed by atoms with E-state index in [1.54, 1.807) is 0 Å². The maximum atomic E-state index is 5.72. The number of guanidine groups is 1. The zero-order valence-electron chi connectivity index (χ0n) is 12.7. The molecule has 0 aromatic heterocycles. The second kappa shape index (κ2) is 9.19. The summed E-state index contributed by atoms with van der Waals surface area (Å²) < 4.78 is 11.0. The standard InChI is InChI=1S/C15H29N3O2/c1-16-15(17-8-2-4-13-5-6-13)18-9-3-10-20-14-7-11-19-12-14/h13-14H,2-12H2,1H3,(H2,16,17,18). The Hall–Kier alpha value is -0.810. The zero-order valence-corrected chi connectivity index (χ0v) is 12.7. The summed E-state index contributed by atoms with van der Waals surface area (Å²) in [6, 6.07) is 0. The van der Waals surface area contributed by atoms with E-state index < -0.39 is 0 Å². The first-order chi connectivity index (χ1) is 9.88. The van der Waals surface area contributed by atoms with E-state index in [2.05, 4.69) is 15.6 Å². The topological polar surface area (TPSA) is 54.9 Å². The van der Waals surface area contributed by atoms with Gasteiger partial charge in [-0.25, -0.2) is 0 Å². The van der Waals surface area contributed by atoms with Crippen molar-refractivity contribution in [3.8, 4) is 0 Å². The lowest BCUT2D eigenvalue weighted by atomic mass is 10.2. The third-order valence-corrected chi connectivity index (χ3v) is 3.86. The van der Waals surface area contributed by atoms with Gasteiger partial charge in [-0.05, 0) is 31.6 Å². The van der Waals surface area contributed by atoms with Gasteiger partial charge < -0.3 is 20.1 Å². The van der Waals surface area contributed by atoms with Crippen LogP contribution in [0.25, 0.3) is 0 Å². The maximum Gasteiger partial charge on any atom is 0.190 e. The number of hydrogen-bond donors (Lipinski definition) is 2. The summed E-state index contributed by atoms with van der Waals surface area (Å²) in [5, 5.41) is 6.69. The van der Waals surface area contributed by atoms with Crippen LogP contribution in [0.4, 0.5) is 0 Å². The summed E-state index contributed by atoms with van der Waals surface area (Å²) in [5.74, 6) is 1.92. The van der Waals surface area contributed by atoms with Gasteiger partial charge in [0, 0.05) is 33.4 Å². The van der Waals surface area contributed by atoms with Crippen molar-refractivity contribution in [1.29, 1.82) is 0 Å². The lowest BCUT2D eigenvalue weighted by Gasteiger charge is -2.13. The first kappa shape index (κ1) is 15.6. The Morgan fingerprint density at radius 1 is 1.20 bits per heavy atom. The summed E-state index contributed by atoms with van der Waals surface area (Å²) in [6.07, 6.45) is 7.85. The number of nitrogens with zero attached hydrogens (tertiary/aromatic N) is 1. The van der Waals surface area contributed by atoms with Crippen LogP contribution in [0.15, 0.2) is 4.99 Å². The van der Waals surface area contributed by atoms with E-state index in [1.807, 2.05) is 7.05 Å². The molecule has 1 aliphatic carbocycles. The Morgan fingerprint density at radius 2 is 2.00 bits per heavy atom. The molecule has 1 atom stereocenters. The lowest BCUT2D eigenvalue weighted by molar-refractivity contribution is 0.0420. The molecule has 0 amide bonds. The Balaban J connectivity index is 1.41. The number of ether oxygens (including phenoxy) is 2. The van der Waals surface area contributed by atoms with Crippen molar-refractivity contribution < 1.29 is 9.47 Å². The average molecular weight is 283 g/mol.